The van der Waals surface area contributed by atoms with Crippen LogP contribution in [0.3, 0.4) is 0 Å². The number of hydrogen-bond acceptors (Lipinski definition) is 3. The maximum atomic E-state index is 11.5. The van der Waals surface area contributed by atoms with Gasteiger partial charge < -0.3 is 15.2 Å². The van der Waals surface area contributed by atoms with Crippen LogP contribution in [-0.2, 0) is 9.53 Å². The van der Waals surface area contributed by atoms with E-state index in [1.807, 2.05) is 0 Å². The zero-order chi connectivity index (χ0) is 9.90. The molecule has 0 aromatic carbocycles. The van der Waals surface area contributed by atoms with E-state index in [9.17, 15) is 4.79 Å². The standard InChI is InChI=1S/C9H17NO3/c1-9(2,6-11)10-8(12)7-4-3-5-13-7/h7,11H,3-6H2,1-2H3,(H,10,12)/t7-/m1/s1. The van der Waals surface area contributed by atoms with E-state index in [0.717, 1.165) is 12.8 Å². The minimum Gasteiger partial charge on any atom is -0.394 e. The number of nitrogens with one attached hydrogen (secondary N) is 1. The Morgan fingerprint density at radius 2 is 2.38 bits per heavy atom. The third-order valence-corrected chi connectivity index (χ3v) is 2.08. The Morgan fingerprint density at radius 3 is 2.85 bits per heavy atom. The highest BCUT2D eigenvalue weighted by atomic mass is 16.5. The molecule has 0 aromatic rings. The van der Waals surface area contributed by atoms with Crippen molar-refractivity contribution < 1.29 is 14.6 Å². The summed E-state index contributed by atoms with van der Waals surface area (Å²) in [5, 5.41) is 11.7. The van der Waals surface area contributed by atoms with E-state index in [1.54, 1.807) is 13.8 Å². The van der Waals surface area contributed by atoms with Gasteiger partial charge in [-0.3, -0.25) is 4.79 Å². The summed E-state index contributed by atoms with van der Waals surface area (Å²) in [6, 6.07) is 0. The van der Waals surface area contributed by atoms with Crippen molar-refractivity contribution in [2.45, 2.75) is 38.3 Å². The average molecular weight is 187 g/mol. The Labute approximate surface area is 78.3 Å². The molecular formula is C9H17NO3. The second-order valence-corrected chi connectivity index (χ2v) is 4.03. The van der Waals surface area contributed by atoms with E-state index >= 15 is 0 Å². The average Bonchev–Trinajstić information content (AvgIpc) is 2.55. The Morgan fingerprint density at radius 1 is 1.69 bits per heavy atom. The summed E-state index contributed by atoms with van der Waals surface area (Å²) in [5.41, 5.74) is -0.553. The predicted octanol–water partition coefficient (Wildman–Crippen LogP) is 0.0525. The van der Waals surface area contributed by atoms with Crippen molar-refractivity contribution in [2.24, 2.45) is 0 Å². The first-order chi connectivity index (χ1) is 6.05. The Balaban J connectivity index is 2.40. The summed E-state index contributed by atoms with van der Waals surface area (Å²) >= 11 is 0. The van der Waals surface area contributed by atoms with Gasteiger partial charge in [-0.05, 0) is 26.7 Å². The maximum absolute atomic E-state index is 11.5. The predicted molar refractivity (Wildman–Crippen MR) is 48.3 cm³/mol. The van der Waals surface area contributed by atoms with Crippen LogP contribution in [0.1, 0.15) is 26.7 Å². The first-order valence-corrected chi connectivity index (χ1v) is 4.60. The van der Waals surface area contributed by atoms with Crippen molar-refractivity contribution in [3.8, 4) is 0 Å². The molecule has 1 saturated heterocycles. The molecule has 1 aliphatic heterocycles. The van der Waals surface area contributed by atoms with Gasteiger partial charge in [0.2, 0.25) is 5.91 Å². The lowest BCUT2D eigenvalue weighted by Crippen LogP contribution is -2.49. The molecule has 0 bridgehead atoms. The van der Waals surface area contributed by atoms with Crippen molar-refractivity contribution >= 4 is 5.91 Å². The monoisotopic (exact) mass is 187 g/mol. The van der Waals surface area contributed by atoms with E-state index in [0.29, 0.717) is 6.61 Å². The number of carbonyl (C=O) groups excluding carboxylic acids is 1. The topological polar surface area (TPSA) is 58.6 Å². The van der Waals surface area contributed by atoms with Crippen LogP contribution in [0, 0.1) is 0 Å². The maximum Gasteiger partial charge on any atom is 0.249 e. The van der Waals surface area contributed by atoms with Gasteiger partial charge in [-0.1, -0.05) is 0 Å². The molecule has 0 unspecified atom stereocenters. The molecule has 1 aliphatic rings. The molecule has 4 heteroatoms. The third-order valence-electron chi connectivity index (χ3n) is 2.08. The summed E-state index contributed by atoms with van der Waals surface area (Å²) in [6.07, 6.45) is 1.41. The molecule has 0 aromatic heterocycles. The number of amides is 1. The van der Waals surface area contributed by atoms with Crippen LogP contribution >= 0.6 is 0 Å². The number of hydrogen-bond donors (Lipinski definition) is 2. The minimum absolute atomic E-state index is 0.0640. The second-order valence-electron chi connectivity index (χ2n) is 4.03. The number of rotatable bonds is 3. The molecule has 0 radical (unpaired) electrons. The molecule has 1 amide bonds. The minimum atomic E-state index is -0.553. The van der Waals surface area contributed by atoms with Crippen molar-refractivity contribution in [3.05, 3.63) is 0 Å². The van der Waals surface area contributed by atoms with Crippen LogP contribution in [0.5, 0.6) is 0 Å². The number of carbonyl (C=O) groups is 1. The quantitative estimate of drug-likeness (QED) is 0.656. The third kappa shape index (κ3) is 2.97. The van der Waals surface area contributed by atoms with Crippen molar-refractivity contribution in [1.82, 2.24) is 5.32 Å². The molecule has 13 heavy (non-hydrogen) atoms. The molecule has 0 saturated carbocycles. The summed E-state index contributed by atoms with van der Waals surface area (Å²) in [6.45, 7) is 4.16. The first-order valence-electron chi connectivity index (χ1n) is 4.60. The summed E-state index contributed by atoms with van der Waals surface area (Å²) in [7, 11) is 0. The smallest absolute Gasteiger partial charge is 0.249 e. The van der Waals surface area contributed by atoms with Crippen LogP contribution in [0.25, 0.3) is 0 Å². The summed E-state index contributed by atoms with van der Waals surface area (Å²) in [4.78, 5) is 11.5. The van der Waals surface area contributed by atoms with Crippen LogP contribution in [0.4, 0.5) is 0 Å². The fraction of sp³-hybridized carbons (Fsp3) is 0.889. The molecule has 1 atom stereocenters. The van der Waals surface area contributed by atoms with E-state index in [1.165, 1.54) is 0 Å². The molecule has 76 valence electrons. The van der Waals surface area contributed by atoms with E-state index < -0.39 is 5.54 Å². The van der Waals surface area contributed by atoms with Gasteiger partial charge in [0.15, 0.2) is 0 Å². The SMILES string of the molecule is CC(C)(CO)NC(=O)[C@H]1CCCO1. The fourth-order valence-electron chi connectivity index (χ4n) is 1.24. The zero-order valence-electron chi connectivity index (χ0n) is 8.17. The Hall–Kier alpha value is -0.610. The van der Waals surface area contributed by atoms with Crippen molar-refractivity contribution in [1.29, 1.82) is 0 Å². The highest BCUT2D eigenvalue weighted by Crippen LogP contribution is 2.13. The Bertz CT molecular complexity index is 185. The normalized spacial score (nSPS) is 23.2. The Kier molecular flexibility index (Phi) is 3.27. The van der Waals surface area contributed by atoms with Crippen LogP contribution in [0.2, 0.25) is 0 Å². The first kappa shape index (κ1) is 10.5. The number of aliphatic hydroxyl groups excluding tert-OH is 1. The van der Waals surface area contributed by atoms with E-state index in [-0.39, 0.29) is 18.6 Å². The highest BCUT2D eigenvalue weighted by Gasteiger charge is 2.28. The molecular weight excluding hydrogens is 170 g/mol. The van der Waals surface area contributed by atoms with Crippen LogP contribution in [0.15, 0.2) is 0 Å². The van der Waals surface area contributed by atoms with Gasteiger partial charge in [-0.2, -0.15) is 0 Å². The summed E-state index contributed by atoms with van der Waals surface area (Å²) in [5.74, 6) is -0.114. The van der Waals surface area contributed by atoms with Gasteiger partial charge in [-0.15, -0.1) is 0 Å². The van der Waals surface area contributed by atoms with Crippen LogP contribution in [-0.4, -0.2) is 35.9 Å². The van der Waals surface area contributed by atoms with E-state index in [2.05, 4.69) is 5.32 Å². The van der Waals surface area contributed by atoms with Crippen molar-refractivity contribution in [2.75, 3.05) is 13.2 Å². The second kappa shape index (κ2) is 4.07. The zero-order valence-corrected chi connectivity index (χ0v) is 8.17. The van der Waals surface area contributed by atoms with Gasteiger partial charge >= 0.3 is 0 Å². The molecule has 0 spiro atoms. The number of ether oxygens (including phenoxy) is 1. The van der Waals surface area contributed by atoms with Crippen molar-refractivity contribution in [3.63, 3.8) is 0 Å². The molecule has 2 N–H and O–H groups in total. The van der Waals surface area contributed by atoms with E-state index in [4.69, 9.17) is 9.84 Å². The van der Waals surface area contributed by atoms with Gasteiger partial charge in [0.1, 0.15) is 6.10 Å². The van der Waals surface area contributed by atoms with Gasteiger partial charge in [-0.25, -0.2) is 0 Å². The molecule has 4 nitrogen and oxygen atoms in total. The molecule has 1 heterocycles. The highest BCUT2D eigenvalue weighted by molar-refractivity contribution is 5.81. The number of aliphatic hydroxyl groups is 1. The van der Waals surface area contributed by atoms with Crippen LogP contribution < -0.4 is 5.32 Å². The van der Waals surface area contributed by atoms with Gasteiger partial charge in [0.05, 0.1) is 12.1 Å². The lowest BCUT2D eigenvalue weighted by molar-refractivity contribution is -0.132. The fourth-order valence-corrected chi connectivity index (χ4v) is 1.24. The molecule has 1 rings (SSSR count). The lowest BCUT2D eigenvalue weighted by atomic mass is 10.1. The molecule has 1 fully saturated rings. The largest absolute Gasteiger partial charge is 0.394 e. The van der Waals surface area contributed by atoms with Gasteiger partial charge in [0, 0.05) is 6.61 Å². The lowest BCUT2D eigenvalue weighted by Gasteiger charge is -2.25. The summed E-state index contributed by atoms with van der Waals surface area (Å²) < 4.78 is 5.21. The molecule has 0 aliphatic carbocycles. The van der Waals surface area contributed by atoms with Gasteiger partial charge in [0.25, 0.3) is 0 Å².